The normalized spacial score (nSPS) is 55.2. The number of carbonyl (C=O) groups excluding carboxylic acids is 1. The van der Waals surface area contributed by atoms with Gasteiger partial charge < -0.3 is 14.9 Å². The van der Waals surface area contributed by atoms with Crippen molar-refractivity contribution in [1.82, 2.24) is 0 Å². The molecule has 1 aliphatic heterocycles. The van der Waals surface area contributed by atoms with Crippen LogP contribution in [-0.4, -0.2) is 34.5 Å². The van der Waals surface area contributed by atoms with Crippen molar-refractivity contribution < 1.29 is 19.7 Å². The molecule has 6 fully saturated rings. The summed E-state index contributed by atoms with van der Waals surface area (Å²) in [5.74, 6) is 3.98. The first-order valence-corrected chi connectivity index (χ1v) is 16.8. The van der Waals surface area contributed by atoms with Crippen molar-refractivity contribution in [2.45, 2.75) is 150 Å². The quantitative estimate of drug-likeness (QED) is 0.360. The summed E-state index contributed by atoms with van der Waals surface area (Å²) in [5, 5.41) is 20.1. The van der Waals surface area contributed by atoms with Gasteiger partial charge in [0.05, 0.1) is 0 Å². The number of hydrogen-bond donors (Lipinski definition) is 2. The molecule has 5 saturated carbocycles. The van der Waals surface area contributed by atoms with Crippen LogP contribution in [0.2, 0.25) is 0 Å². The van der Waals surface area contributed by atoms with Crippen LogP contribution in [0.15, 0.2) is 0 Å². The van der Waals surface area contributed by atoms with Crippen LogP contribution in [0, 0.1) is 62.6 Å². The van der Waals surface area contributed by atoms with Gasteiger partial charge in [-0.1, -0.05) is 54.9 Å². The van der Waals surface area contributed by atoms with E-state index in [0.717, 1.165) is 36.0 Å². The average molecular weight is 543 g/mol. The highest BCUT2D eigenvalue weighted by molar-refractivity contribution is 5.77. The first-order valence-electron chi connectivity index (χ1n) is 16.8. The highest BCUT2D eigenvalue weighted by atomic mass is 16.6. The number of hydrogen-bond acceptors (Lipinski definition) is 4. The van der Waals surface area contributed by atoms with E-state index >= 15 is 0 Å². The molecule has 0 bridgehead atoms. The minimum atomic E-state index is -1.37. The molecule has 13 atom stereocenters. The Labute approximate surface area is 238 Å². The zero-order chi connectivity index (χ0) is 28.2. The third kappa shape index (κ3) is 3.84. The standard InChI is InChI=1S/C35H58O4/c1-21(9-10-24-28(36)29(37)30(38)39-24)22-13-18-32(4)23(22)14-19-34(6)26(32)11-12-27-33(5)17-8-16-31(2,3)25(33)15-20-35(27,34)7/h21-29,36-37H,8-20H2,1-7H3/t21-,22-,23+,24-,25?,26-,27-,28-,29-,32+,33+,34-,35-/m1/s1. The molecule has 1 heterocycles. The first-order chi connectivity index (χ1) is 18.2. The van der Waals surface area contributed by atoms with Crippen LogP contribution in [0.1, 0.15) is 132 Å². The Morgan fingerprint density at radius 3 is 2.08 bits per heavy atom. The lowest BCUT2D eigenvalue weighted by atomic mass is 9.32. The fourth-order valence-corrected chi connectivity index (χ4v) is 13.5. The second kappa shape index (κ2) is 9.19. The van der Waals surface area contributed by atoms with Crippen molar-refractivity contribution in [2.75, 3.05) is 0 Å². The minimum Gasteiger partial charge on any atom is -0.457 e. The fourth-order valence-electron chi connectivity index (χ4n) is 13.5. The van der Waals surface area contributed by atoms with E-state index in [4.69, 9.17) is 4.74 Å². The van der Waals surface area contributed by atoms with Crippen molar-refractivity contribution >= 4 is 5.97 Å². The molecular weight excluding hydrogens is 484 g/mol. The van der Waals surface area contributed by atoms with Gasteiger partial charge in [-0.3, -0.25) is 0 Å². The summed E-state index contributed by atoms with van der Waals surface area (Å²) >= 11 is 0. The lowest BCUT2D eigenvalue weighted by molar-refractivity contribution is -0.241. The third-order valence-electron chi connectivity index (χ3n) is 15.6. The van der Waals surface area contributed by atoms with Crippen molar-refractivity contribution in [3.8, 4) is 0 Å². The molecule has 4 nitrogen and oxygen atoms in total. The van der Waals surface area contributed by atoms with Crippen LogP contribution in [-0.2, 0) is 9.53 Å². The summed E-state index contributed by atoms with van der Waals surface area (Å²) in [5.41, 5.74) is 2.33. The molecule has 0 aromatic heterocycles. The zero-order valence-electron chi connectivity index (χ0n) is 26.1. The molecule has 5 aliphatic carbocycles. The van der Waals surface area contributed by atoms with Gasteiger partial charge in [0, 0.05) is 0 Å². The van der Waals surface area contributed by atoms with E-state index in [2.05, 4.69) is 48.5 Å². The van der Waals surface area contributed by atoms with Crippen LogP contribution in [0.4, 0.5) is 0 Å². The van der Waals surface area contributed by atoms with Crippen molar-refractivity contribution in [1.29, 1.82) is 0 Å². The van der Waals surface area contributed by atoms with Crippen molar-refractivity contribution in [2.24, 2.45) is 62.6 Å². The molecule has 6 aliphatic rings. The molecule has 0 aromatic carbocycles. The molecule has 4 heteroatoms. The number of aliphatic hydroxyl groups is 2. The molecule has 0 aromatic rings. The first kappa shape index (κ1) is 28.5. The Morgan fingerprint density at radius 1 is 0.795 bits per heavy atom. The number of esters is 1. The van der Waals surface area contributed by atoms with Gasteiger partial charge in [-0.2, -0.15) is 0 Å². The Bertz CT molecular complexity index is 976. The largest absolute Gasteiger partial charge is 0.457 e. The van der Waals surface area contributed by atoms with Gasteiger partial charge in [0.2, 0.25) is 0 Å². The Morgan fingerprint density at radius 2 is 1.44 bits per heavy atom. The second-order valence-electron chi connectivity index (χ2n) is 17.3. The van der Waals surface area contributed by atoms with E-state index < -0.39 is 24.3 Å². The molecular formula is C35H58O4. The Balaban J connectivity index is 1.20. The highest BCUT2D eigenvalue weighted by Crippen LogP contribution is 2.78. The van der Waals surface area contributed by atoms with E-state index in [1.165, 1.54) is 70.6 Å². The van der Waals surface area contributed by atoms with Crippen LogP contribution in [0.5, 0.6) is 0 Å². The van der Waals surface area contributed by atoms with Gasteiger partial charge in [-0.15, -0.1) is 0 Å². The van der Waals surface area contributed by atoms with E-state index in [-0.39, 0.29) is 0 Å². The molecule has 6 rings (SSSR count). The zero-order valence-corrected chi connectivity index (χ0v) is 26.1. The summed E-state index contributed by atoms with van der Waals surface area (Å²) in [6.07, 6.45) is 14.1. The topological polar surface area (TPSA) is 66.8 Å². The molecule has 0 amide bonds. The lowest BCUT2D eigenvalue weighted by Gasteiger charge is -2.73. The van der Waals surface area contributed by atoms with Gasteiger partial charge >= 0.3 is 5.97 Å². The van der Waals surface area contributed by atoms with Gasteiger partial charge in [0.25, 0.3) is 0 Å². The van der Waals surface area contributed by atoms with Crippen LogP contribution in [0.3, 0.4) is 0 Å². The second-order valence-corrected chi connectivity index (χ2v) is 17.3. The molecule has 1 unspecified atom stereocenters. The predicted octanol–water partition coefficient (Wildman–Crippen LogP) is 7.54. The number of cyclic esters (lactones) is 1. The Kier molecular flexibility index (Phi) is 6.72. The number of fused-ring (bicyclic) bond motifs is 7. The predicted molar refractivity (Wildman–Crippen MR) is 155 cm³/mol. The summed E-state index contributed by atoms with van der Waals surface area (Å²) in [6, 6.07) is 0. The van der Waals surface area contributed by atoms with E-state index in [1.54, 1.807) is 0 Å². The van der Waals surface area contributed by atoms with E-state index in [9.17, 15) is 15.0 Å². The Hall–Kier alpha value is -0.610. The van der Waals surface area contributed by atoms with Crippen LogP contribution < -0.4 is 0 Å². The average Bonchev–Trinajstić information content (AvgIpc) is 3.33. The lowest BCUT2D eigenvalue weighted by Crippen LogP contribution is -2.65. The molecule has 1 saturated heterocycles. The maximum atomic E-state index is 11.7. The number of carbonyl (C=O) groups is 1. The van der Waals surface area contributed by atoms with Crippen molar-refractivity contribution in [3.05, 3.63) is 0 Å². The van der Waals surface area contributed by atoms with Gasteiger partial charge in [0.1, 0.15) is 12.2 Å². The van der Waals surface area contributed by atoms with Crippen LogP contribution in [0.25, 0.3) is 0 Å². The summed E-state index contributed by atoms with van der Waals surface area (Å²) in [7, 11) is 0. The number of ether oxygens (including phenoxy) is 1. The molecule has 0 spiro atoms. The molecule has 0 radical (unpaired) electrons. The maximum absolute atomic E-state index is 11.7. The van der Waals surface area contributed by atoms with Gasteiger partial charge in [0.15, 0.2) is 6.10 Å². The molecule has 222 valence electrons. The van der Waals surface area contributed by atoms with Gasteiger partial charge in [-0.25, -0.2) is 4.79 Å². The monoisotopic (exact) mass is 542 g/mol. The smallest absolute Gasteiger partial charge is 0.338 e. The summed E-state index contributed by atoms with van der Waals surface area (Å²) in [6.45, 7) is 18.5. The highest BCUT2D eigenvalue weighted by Gasteiger charge is 2.70. The third-order valence-corrected chi connectivity index (χ3v) is 15.6. The fraction of sp³-hybridized carbons (Fsp3) is 0.971. The number of rotatable bonds is 4. The van der Waals surface area contributed by atoms with Crippen LogP contribution >= 0.6 is 0 Å². The van der Waals surface area contributed by atoms with Crippen molar-refractivity contribution in [3.63, 3.8) is 0 Å². The molecule has 2 N–H and O–H groups in total. The summed E-state index contributed by atoms with van der Waals surface area (Å²) < 4.78 is 5.29. The SMILES string of the molecule is C[C@H](CC[C@H]1OC(=O)[C@H](O)[C@@H]1O)[C@H]1CC[C@]2(C)[C@H]3CC[C@@H]4[C@@]5(C)CCCC(C)(C)C5CC[C@@]4(C)[C@]3(C)CC[C@@H]12. The molecule has 39 heavy (non-hydrogen) atoms. The van der Waals surface area contributed by atoms with E-state index in [1.807, 2.05) is 0 Å². The maximum Gasteiger partial charge on any atom is 0.338 e. The number of aliphatic hydroxyl groups excluding tert-OH is 2. The summed E-state index contributed by atoms with van der Waals surface area (Å²) in [4.78, 5) is 11.7. The van der Waals surface area contributed by atoms with E-state index in [0.29, 0.717) is 39.4 Å². The minimum absolute atomic E-state index is 0.430. The van der Waals surface area contributed by atoms with Gasteiger partial charge in [-0.05, 0) is 140 Å².